The van der Waals surface area contributed by atoms with Crippen molar-refractivity contribution in [3.63, 3.8) is 0 Å². The van der Waals surface area contributed by atoms with Crippen LogP contribution < -0.4 is 5.26 Å². The highest BCUT2D eigenvalue weighted by atomic mass is 32.2. The van der Waals surface area contributed by atoms with Crippen LogP contribution in [0.2, 0.25) is 0 Å². The lowest BCUT2D eigenvalue weighted by molar-refractivity contribution is -0.777. The Bertz CT molecular complexity index is 379. The fraction of sp³-hybridized carbons (Fsp3) is 0.909. The van der Waals surface area contributed by atoms with Gasteiger partial charge in [0.1, 0.15) is 0 Å². The van der Waals surface area contributed by atoms with Crippen LogP contribution in [0, 0.1) is 5.92 Å². The van der Waals surface area contributed by atoms with Crippen LogP contribution in [0.4, 0.5) is 26.3 Å². The summed E-state index contributed by atoms with van der Waals surface area (Å²) in [6.45, 7) is -0.564. The summed E-state index contributed by atoms with van der Waals surface area (Å²) in [4.78, 5) is 11.6. The second-order valence-electron chi connectivity index (χ2n) is 5.00. The molecule has 1 fully saturated rings. The van der Waals surface area contributed by atoms with Gasteiger partial charge in [-0.2, -0.15) is 30.7 Å². The van der Waals surface area contributed by atoms with E-state index in [1.165, 1.54) is 0 Å². The molecule has 0 aromatic heterocycles. The first-order chi connectivity index (χ1) is 10.6. The Morgan fingerprint density at radius 2 is 1.57 bits per heavy atom. The minimum absolute atomic E-state index is 0.298. The maximum absolute atomic E-state index is 12.9. The highest BCUT2D eigenvalue weighted by molar-refractivity contribution is 7.96. The van der Waals surface area contributed by atoms with E-state index >= 15 is 0 Å². The van der Waals surface area contributed by atoms with Gasteiger partial charge in [0, 0.05) is 0 Å². The number of carbonyl (C=O) groups is 1. The summed E-state index contributed by atoms with van der Waals surface area (Å²) in [6, 6.07) is 0. The van der Waals surface area contributed by atoms with Gasteiger partial charge < -0.3 is 9.99 Å². The molecule has 1 aliphatic rings. The molecule has 23 heavy (non-hydrogen) atoms. The minimum Gasteiger partial charge on any atom is -0.691 e. The standard InChI is InChI=1S/C11H14F6O5S/c12-10(13,14)9(11(15,16)17,23-22-21-19)8(18)20-6-7-4-2-1-3-5-7/h7,19H,1-6H2/p-1. The van der Waals surface area contributed by atoms with Crippen LogP contribution in [0.5, 0.6) is 0 Å². The molecule has 1 saturated carbocycles. The lowest BCUT2D eigenvalue weighted by atomic mass is 9.90. The first-order valence-corrected chi connectivity index (χ1v) is 7.25. The molecule has 5 nitrogen and oxygen atoms in total. The summed E-state index contributed by atoms with van der Waals surface area (Å²) in [6.07, 6.45) is -8.71. The van der Waals surface area contributed by atoms with Gasteiger partial charge in [-0.25, -0.2) is 4.79 Å². The number of esters is 1. The number of halogens is 6. The van der Waals surface area contributed by atoms with E-state index in [-0.39, 0.29) is 5.92 Å². The summed E-state index contributed by atoms with van der Waals surface area (Å²) in [5.41, 5.74) is 0. The Kier molecular flexibility index (Phi) is 6.98. The number of carbonyl (C=O) groups excluding carboxylic acids is 1. The van der Waals surface area contributed by atoms with Crippen molar-refractivity contribution in [1.82, 2.24) is 0 Å². The molecule has 136 valence electrons. The molecule has 1 aliphatic carbocycles. The number of rotatable bonds is 6. The molecule has 0 aromatic carbocycles. The van der Waals surface area contributed by atoms with E-state index in [0.717, 1.165) is 19.3 Å². The molecule has 0 aromatic rings. The van der Waals surface area contributed by atoms with Crippen molar-refractivity contribution < 1.29 is 50.5 Å². The van der Waals surface area contributed by atoms with E-state index in [2.05, 4.69) is 14.1 Å². The molecule has 0 N–H and O–H groups in total. The molecule has 1 rings (SSSR count). The lowest BCUT2D eigenvalue weighted by Gasteiger charge is -2.33. The van der Waals surface area contributed by atoms with Crippen molar-refractivity contribution in [2.24, 2.45) is 5.92 Å². The van der Waals surface area contributed by atoms with Crippen molar-refractivity contribution in [3.05, 3.63) is 0 Å². The number of ether oxygens (including phenoxy) is 1. The van der Waals surface area contributed by atoms with Gasteiger partial charge in [-0.15, -0.1) is 0 Å². The molecular formula is C11H13F6O5S-. The third kappa shape index (κ3) is 4.64. The van der Waals surface area contributed by atoms with Crippen LogP contribution in [0.3, 0.4) is 0 Å². The molecule has 0 radical (unpaired) electrons. The average Bonchev–Trinajstić information content (AvgIpc) is 2.44. The molecule has 0 bridgehead atoms. The monoisotopic (exact) mass is 371 g/mol. The molecular weight excluding hydrogens is 358 g/mol. The van der Waals surface area contributed by atoms with Gasteiger partial charge in [0.15, 0.2) is 0 Å². The normalized spacial score (nSPS) is 18.0. The van der Waals surface area contributed by atoms with Crippen LogP contribution in [0.15, 0.2) is 0 Å². The quantitative estimate of drug-likeness (QED) is 0.235. The Morgan fingerprint density at radius 1 is 1.04 bits per heavy atom. The van der Waals surface area contributed by atoms with Gasteiger partial charge in [-0.05, 0) is 18.8 Å². The molecule has 0 unspecified atom stereocenters. The highest BCUT2D eigenvalue weighted by Gasteiger charge is 2.79. The Morgan fingerprint density at radius 3 is 2.00 bits per heavy atom. The molecule has 0 atom stereocenters. The summed E-state index contributed by atoms with van der Waals surface area (Å²) in [5, 5.41) is 12.2. The SMILES string of the molecule is O=C(OCC1CCCCC1)C(SOO[O-])(C(F)(F)F)C(F)(F)F. The van der Waals surface area contributed by atoms with Crippen molar-refractivity contribution in [1.29, 1.82) is 0 Å². The van der Waals surface area contributed by atoms with E-state index in [9.17, 15) is 36.4 Å². The van der Waals surface area contributed by atoms with Crippen molar-refractivity contribution in [3.8, 4) is 0 Å². The van der Waals surface area contributed by atoms with Crippen LogP contribution in [-0.2, 0) is 18.9 Å². The first-order valence-electron chi connectivity index (χ1n) is 6.51. The number of hydrogen-bond acceptors (Lipinski definition) is 6. The van der Waals surface area contributed by atoms with Gasteiger partial charge in [0.05, 0.1) is 18.6 Å². The molecule has 0 aliphatic heterocycles. The smallest absolute Gasteiger partial charge is 0.425 e. The number of alkyl halides is 6. The van der Waals surface area contributed by atoms with Gasteiger partial charge in [0.25, 0.3) is 0 Å². The van der Waals surface area contributed by atoms with E-state index < -0.39 is 41.7 Å². The summed E-state index contributed by atoms with van der Waals surface area (Å²) in [7, 11) is 0. The fourth-order valence-corrected chi connectivity index (χ4v) is 2.68. The maximum atomic E-state index is 12.9. The summed E-state index contributed by atoms with van der Waals surface area (Å²) < 4.78 is 80.0. The van der Waals surface area contributed by atoms with Gasteiger partial charge in [-0.1, -0.05) is 19.3 Å². The molecule has 0 saturated heterocycles. The van der Waals surface area contributed by atoms with Crippen molar-refractivity contribution in [2.45, 2.75) is 49.2 Å². The zero-order valence-electron chi connectivity index (χ0n) is 11.5. The number of hydrogen-bond donors (Lipinski definition) is 0. The first kappa shape index (κ1) is 20.3. The fourth-order valence-electron chi connectivity index (χ4n) is 2.23. The lowest BCUT2D eigenvalue weighted by Crippen LogP contribution is -2.60. The zero-order chi connectivity index (χ0) is 17.7. The van der Waals surface area contributed by atoms with Gasteiger partial charge in [0.2, 0.25) is 0 Å². The third-order valence-electron chi connectivity index (χ3n) is 3.45. The zero-order valence-corrected chi connectivity index (χ0v) is 12.4. The van der Waals surface area contributed by atoms with E-state index in [1.807, 2.05) is 0 Å². The van der Waals surface area contributed by atoms with Crippen molar-refractivity contribution in [2.75, 3.05) is 6.61 Å². The largest absolute Gasteiger partial charge is 0.691 e. The molecule has 0 heterocycles. The Hall–Kier alpha value is -0.720. The van der Waals surface area contributed by atoms with Gasteiger partial charge >= 0.3 is 23.1 Å². The molecule has 0 amide bonds. The maximum Gasteiger partial charge on any atom is 0.425 e. The van der Waals surface area contributed by atoms with Crippen LogP contribution in [0.1, 0.15) is 32.1 Å². The second-order valence-corrected chi connectivity index (χ2v) is 5.91. The van der Waals surface area contributed by atoms with Gasteiger partial charge in [-0.3, -0.25) is 5.04 Å². The van der Waals surface area contributed by atoms with Crippen molar-refractivity contribution >= 4 is 18.0 Å². The van der Waals surface area contributed by atoms with E-state index in [1.54, 1.807) is 0 Å². The molecule has 0 spiro atoms. The third-order valence-corrected chi connectivity index (χ3v) is 4.45. The average molecular weight is 371 g/mol. The van der Waals surface area contributed by atoms with E-state index in [4.69, 9.17) is 0 Å². The highest BCUT2D eigenvalue weighted by Crippen LogP contribution is 2.53. The van der Waals surface area contributed by atoms with Crippen LogP contribution in [-0.4, -0.2) is 29.7 Å². The molecule has 12 heteroatoms. The second kappa shape index (κ2) is 7.90. The predicted octanol–water partition coefficient (Wildman–Crippen LogP) is 2.85. The van der Waals surface area contributed by atoms with Crippen LogP contribution >= 0.6 is 12.0 Å². The Balaban J connectivity index is 2.94. The summed E-state index contributed by atoms with van der Waals surface area (Å²) in [5.74, 6) is -2.89. The summed E-state index contributed by atoms with van der Waals surface area (Å²) >= 11 is -1.48. The topological polar surface area (TPSA) is 67.8 Å². The Labute approximate surface area is 131 Å². The van der Waals surface area contributed by atoms with Crippen LogP contribution in [0.25, 0.3) is 0 Å². The van der Waals surface area contributed by atoms with E-state index in [0.29, 0.717) is 12.8 Å². The predicted molar refractivity (Wildman–Crippen MR) is 62.1 cm³/mol. The minimum atomic E-state index is -6.11.